The van der Waals surface area contributed by atoms with Gasteiger partial charge >= 0.3 is 0 Å². The van der Waals surface area contributed by atoms with E-state index in [9.17, 15) is 9.90 Å². The standard InChI is InChI=1S/C12H19N3O2/c1-9-7-11(14(2)13-9)12(17)15-6-4-3-5-10(15)8-16/h7,10,16H,3-6,8H2,1-2H3. The van der Waals surface area contributed by atoms with Gasteiger partial charge < -0.3 is 10.0 Å². The third-order valence-electron chi connectivity index (χ3n) is 3.32. The minimum Gasteiger partial charge on any atom is -0.394 e. The Bertz CT molecular complexity index is 414. The van der Waals surface area contributed by atoms with E-state index in [0.717, 1.165) is 31.5 Å². The summed E-state index contributed by atoms with van der Waals surface area (Å²) in [5.41, 5.74) is 1.44. The molecule has 1 saturated heterocycles. The van der Waals surface area contributed by atoms with Crippen LogP contribution in [0.4, 0.5) is 0 Å². The van der Waals surface area contributed by atoms with Crippen LogP contribution < -0.4 is 0 Å². The van der Waals surface area contributed by atoms with Crippen molar-refractivity contribution in [3.05, 3.63) is 17.5 Å². The summed E-state index contributed by atoms with van der Waals surface area (Å²) >= 11 is 0. The van der Waals surface area contributed by atoms with E-state index in [0.29, 0.717) is 5.69 Å². The monoisotopic (exact) mass is 237 g/mol. The van der Waals surface area contributed by atoms with E-state index in [1.807, 2.05) is 6.92 Å². The largest absolute Gasteiger partial charge is 0.394 e. The lowest BCUT2D eigenvalue weighted by atomic mass is 10.0. The number of aliphatic hydroxyl groups is 1. The fourth-order valence-corrected chi connectivity index (χ4v) is 2.42. The Morgan fingerprint density at radius 3 is 2.94 bits per heavy atom. The summed E-state index contributed by atoms with van der Waals surface area (Å²) in [6.45, 7) is 2.65. The third kappa shape index (κ3) is 2.34. The second kappa shape index (κ2) is 4.87. The van der Waals surface area contributed by atoms with Gasteiger partial charge in [0.1, 0.15) is 5.69 Å². The maximum atomic E-state index is 12.4. The molecule has 1 unspecified atom stereocenters. The number of carbonyl (C=O) groups is 1. The van der Waals surface area contributed by atoms with Crippen molar-refractivity contribution >= 4 is 5.91 Å². The number of carbonyl (C=O) groups excluding carboxylic acids is 1. The van der Waals surface area contributed by atoms with Gasteiger partial charge in [-0.25, -0.2) is 0 Å². The first-order valence-electron chi connectivity index (χ1n) is 6.06. The fraction of sp³-hybridized carbons (Fsp3) is 0.667. The summed E-state index contributed by atoms with van der Waals surface area (Å²) in [5.74, 6) is -0.0214. The molecule has 0 radical (unpaired) electrons. The van der Waals surface area contributed by atoms with Gasteiger partial charge in [0.05, 0.1) is 18.3 Å². The number of piperidine rings is 1. The van der Waals surface area contributed by atoms with Crippen LogP contribution in [0.1, 0.15) is 35.4 Å². The van der Waals surface area contributed by atoms with Gasteiger partial charge in [0.25, 0.3) is 5.91 Å². The van der Waals surface area contributed by atoms with Crippen LogP contribution >= 0.6 is 0 Å². The zero-order valence-electron chi connectivity index (χ0n) is 10.4. The Kier molecular flexibility index (Phi) is 3.47. The minimum atomic E-state index is -0.0357. The van der Waals surface area contributed by atoms with Crippen LogP contribution in [0.15, 0.2) is 6.07 Å². The minimum absolute atomic E-state index is 0.0214. The van der Waals surface area contributed by atoms with Crippen molar-refractivity contribution in [1.82, 2.24) is 14.7 Å². The molecule has 0 saturated carbocycles. The van der Waals surface area contributed by atoms with Crippen molar-refractivity contribution in [3.63, 3.8) is 0 Å². The summed E-state index contributed by atoms with van der Waals surface area (Å²) in [6, 6.07) is 1.76. The van der Waals surface area contributed by atoms with Gasteiger partial charge in [-0.15, -0.1) is 0 Å². The van der Waals surface area contributed by atoms with Gasteiger partial charge in [-0.1, -0.05) is 0 Å². The van der Waals surface area contributed by atoms with Crippen LogP contribution in [0, 0.1) is 6.92 Å². The SMILES string of the molecule is Cc1cc(C(=O)N2CCCCC2CO)n(C)n1. The highest BCUT2D eigenvalue weighted by atomic mass is 16.3. The molecule has 1 aliphatic heterocycles. The normalized spacial score (nSPS) is 20.6. The highest BCUT2D eigenvalue weighted by molar-refractivity contribution is 5.93. The highest BCUT2D eigenvalue weighted by Crippen LogP contribution is 2.19. The van der Waals surface area contributed by atoms with Gasteiger partial charge in [-0.3, -0.25) is 9.48 Å². The maximum absolute atomic E-state index is 12.4. The predicted molar refractivity (Wildman–Crippen MR) is 63.7 cm³/mol. The first kappa shape index (κ1) is 12.1. The van der Waals surface area contributed by atoms with E-state index in [-0.39, 0.29) is 18.6 Å². The van der Waals surface area contributed by atoms with E-state index in [1.165, 1.54) is 0 Å². The van der Waals surface area contributed by atoms with E-state index in [4.69, 9.17) is 0 Å². The number of amides is 1. The summed E-state index contributed by atoms with van der Waals surface area (Å²) in [6.07, 6.45) is 2.98. The average molecular weight is 237 g/mol. The molecular formula is C12H19N3O2. The van der Waals surface area contributed by atoms with Gasteiger partial charge in [0, 0.05) is 13.6 Å². The number of aryl methyl sites for hydroxylation is 2. The number of rotatable bonds is 2. The van der Waals surface area contributed by atoms with Crippen molar-refractivity contribution in [1.29, 1.82) is 0 Å². The number of aliphatic hydroxyl groups excluding tert-OH is 1. The van der Waals surface area contributed by atoms with E-state index < -0.39 is 0 Å². The van der Waals surface area contributed by atoms with Crippen LogP contribution in [-0.4, -0.2) is 44.9 Å². The molecule has 1 atom stereocenters. The molecule has 5 heteroatoms. The topological polar surface area (TPSA) is 58.4 Å². The maximum Gasteiger partial charge on any atom is 0.272 e. The summed E-state index contributed by atoms with van der Waals surface area (Å²) in [4.78, 5) is 14.1. The summed E-state index contributed by atoms with van der Waals surface area (Å²) in [5, 5.41) is 13.5. The molecule has 0 spiro atoms. The fourth-order valence-electron chi connectivity index (χ4n) is 2.42. The van der Waals surface area contributed by atoms with Gasteiger partial charge in [-0.05, 0) is 32.3 Å². The molecule has 1 aromatic heterocycles. The third-order valence-corrected chi connectivity index (χ3v) is 3.32. The van der Waals surface area contributed by atoms with Gasteiger partial charge in [0.15, 0.2) is 0 Å². The number of hydrogen-bond acceptors (Lipinski definition) is 3. The molecule has 1 N–H and O–H groups in total. The average Bonchev–Trinajstić information content (AvgIpc) is 2.67. The zero-order valence-corrected chi connectivity index (χ0v) is 10.4. The lowest BCUT2D eigenvalue weighted by molar-refractivity contribution is 0.0492. The van der Waals surface area contributed by atoms with Crippen molar-refractivity contribution < 1.29 is 9.90 Å². The van der Waals surface area contributed by atoms with Crippen LogP contribution in [0.2, 0.25) is 0 Å². The summed E-state index contributed by atoms with van der Waals surface area (Å²) in [7, 11) is 1.78. The van der Waals surface area contributed by atoms with Gasteiger partial charge in [0.2, 0.25) is 0 Å². The van der Waals surface area contributed by atoms with Crippen molar-refractivity contribution in [2.75, 3.05) is 13.2 Å². The molecule has 2 heterocycles. The Balaban J connectivity index is 2.21. The van der Waals surface area contributed by atoms with Crippen LogP contribution in [0.25, 0.3) is 0 Å². The van der Waals surface area contributed by atoms with E-state index >= 15 is 0 Å². The Morgan fingerprint density at radius 2 is 2.35 bits per heavy atom. The van der Waals surface area contributed by atoms with Crippen LogP contribution in [0.3, 0.4) is 0 Å². The van der Waals surface area contributed by atoms with Gasteiger partial charge in [-0.2, -0.15) is 5.10 Å². The first-order valence-corrected chi connectivity index (χ1v) is 6.06. The van der Waals surface area contributed by atoms with Crippen LogP contribution in [0.5, 0.6) is 0 Å². The lowest BCUT2D eigenvalue weighted by Gasteiger charge is -2.34. The van der Waals surface area contributed by atoms with Crippen molar-refractivity contribution in [2.45, 2.75) is 32.2 Å². The molecule has 1 fully saturated rings. The molecule has 1 aromatic rings. The molecule has 0 aliphatic carbocycles. The van der Waals surface area contributed by atoms with E-state index in [2.05, 4.69) is 5.10 Å². The Labute approximate surface area is 101 Å². The Hall–Kier alpha value is -1.36. The molecule has 94 valence electrons. The van der Waals surface area contributed by atoms with Crippen molar-refractivity contribution in [3.8, 4) is 0 Å². The second-order valence-electron chi connectivity index (χ2n) is 4.63. The number of hydrogen-bond donors (Lipinski definition) is 1. The highest BCUT2D eigenvalue weighted by Gasteiger charge is 2.28. The summed E-state index contributed by atoms with van der Waals surface area (Å²) < 4.78 is 1.61. The number of aromatic nitrogens is 2. The molecule has 5 nitrogen and oxygen atoms in total. The van der Waals surface area contributed by atoms with Crippen molar-refractivity contribution in [2.24, 2.45) is 7.05 Å². The Morgan fingerprint density at radius 1 is 1.59 bits per heavy atom. The smallest absolute Gasteiger partial charge is 0.272 e. The zero-order chi connectivity index (χ0) is 12.4. The second-order valence-corrected chi connectivity index (χ2v) is 4.63. The quantitative estimate of drug-likeness (QED) is 0.824. The molecular weight excluding hydrogens is 218 g/mol. The predicted octanol–water partition coefficient (Wildman–Crippen LogP) is 0.716. The molecule has 17 heavy (non-hydrogen) atoms. The molecule has 0 aromatic carbocycles. The molecule has 0 bridgehead atoms. The molecule has 2 rings (SSSR count). The lowest BCUT2D eigenvalue weighted by Crippen LogP contribution is -2.46. The molecule has 1 aliphatic rings. The number of nitrogens with zero attached hydrogens (tertiary/aromatic N) is 3. The van der Waals surface area contributed by atoms with E-state index in [1.54, 1.807) is 22.7 Å². The first-order chi connectivity index (χ1) is 8.13. The number of likely N-dealkylation sites (tertiary alicyclic amines) is 1. The molecule has 1 amide bonds. The van der Waals surface area contributed by atoms with Crippen LogP contribution in [-0.2, 0) is 7.05 Å².